The van der Waals surface area contributed by atoms with Crippen LogP contribution in [-0.2, 0) is 13.0 Å². The summed E-state index contributed by atoms with van der Waals surface area (Å²) in [6.07, 6.45) is 1.78. The maximum Gasteiger partial charge on any atom is 0.274 e. The van der Waals surface area contributed by atoms with Crippen molar-refractivity contribution in [2.45, 2.75) is 53.1 Å². The van der Waals surface area contributed by atoms with E-state index in [1.54, 1.807) is 0 Å². The molecule has 0 aliphatic rings. The fraction of sp³-hybridized carbons (Fsp3) is 0.381. The van der Waals surface area contributed by atoms with Crippen LogP contribution in [0.15, 0.2) is 40.9 Å². The zero-order valence-corrected chi connectivity index (χ0v) is 16.3. The Bertz CT molecular complexity index is 912. The molecule has 0 radical (unpaired) electrons. The number of amides is 1. The average molecular weight is 366 g/mol. The van der Waals surface area contributed by atoms with Crippen LogP contribution in [0.4, 0.5) is 0 Å². The number of nitrogens with one attached hydrogen (secondary N) is 1. The minimum atomic E-state index is -0.205. The van der Waals surface area contributed by atoms with Crippen LogP contribution in [0.1, 0.15) is 52.1 Å². The standard InChI is InChI=1S/C21H26N4O2/c1-14(10-11-18-8-6-5-7-9-18)22-21(26)20-19(17(4)27-24-20)13-25-16(3)12-15(2)23-25/h5-9,12,14H,10-11,13H2,1-4H3,(H,22,26)/t14-/m0/s1. The molecule has 2 heterocycles. The van der Waals surface area contributed by atoms with Crippen LogP contribution in [0, 0.1) is 20.8 Å². The van der Waals surface area contributed by atoms with Crippen LogP contribution in [0.2, 0.25) is 0 Å². The molecule has 1 amide bonds. The van der Waals surface area contributed by atoms with Gasteiger partial charge in [-0.25, -0.2) is 0 Å². The Labute approximate surface area is 159 Å². The molecule has 1 N–H and O–H groups in total. The molecule has 2 aromatic heterocycles. The van der Waals surface area contributed by atoms with Gasteiger partial charge in [-0.05, 0) is 52.2 Å². The highest BCUT2D eigenvalue weighted by molar-refractivity contribution is 5.94. The van der Waals surface area contributed by atoms with Gasteiger partial charge in [-0.15, -0.1) is 0 Å². The fourth-order valence-electron chi connectivity index (χ4n) is 3.13. The third-order valence-corrected chi connectivity index (χ3v) is 4.70. The highest BCUT2D eigenvalue weighted by atomic mass is 16.5. The van der Waals surface area contributed by atoms with Gasteiger partial charge in [0.25, 0.3) is 5.91 Å². The third kappa shape index (κ3) is 4.64. The number of carbonyl (C=O) groups excluding carboxylic acids is 1. The van der Waals surface area contributed by atoms with Crippen LogP contribution in [0.25, 0.3) is 0 Å². The number of aromatic nitrogens is 3. The number of hydrogen-bond acceptors (Lipinski definition) is 4. The summed E-state index contributed by atoms with van der Waals surface area (Å²) < 4.78 is 7.16. The molecule has 27 heavy (non-hydrogen) atoms. The number of carbonyl (C=O) groups is 1. The van der Waals surface area contributed by atoms with Gasteiger partial charge in [0.1, 0.15) is 5.76 Å². The summed E-state index contributed by atoms with van der Waals surface area (Å²) in [5.41, 5.74) is 4.36. The van der Waals surface area contributed by atoms with E-state index >= 15 is 0 Å². The molecule has 1 aromatic carbocycles. The lowest BCUT2D eigenvalue weighted by Crippen LogP contribution is -2.33. The fourth-order valence-corrected chi connectivity index (χ4v) is 3.13. The van der Waals surface area contributed by atoms with Gasteiger partial charge in [-0.2, -0.15) is 5.10 Å². The van der Waals surface area contributed by atoms with Crippen molar-refractivity contribution in [3.8, 4) is 0 Å². The Balaban J connectivity index is 1.65. The summed E-state index contributed by atoms with van der Waals surface area (Å²) in [5, 5.41) is 11.5. The summed E-state index contributed by atoms with van der Waals surface area (Å²) in [4.78, 5) is 12.7. The quantitative estimate of drug-likeness (QED) is 0.693. The van der Waals surface area contributed by atoms with Crippen LogP contribution in [0.3, 0.4) is 0 Å². The van der Waals surface area contributed by atoms with Crippen molar-refractivity contribution in [2.75, 3.05) is 0 Å². The second-order valence-electron chi connectivity index (χ2n) is 7.05. The minimum absolute atomic E-state index is 0.0382. The molecule has 3 rings (SSSR count). The number of aryl methyl sites for hydroxylation is 4. The van der Waals surface area contributed by atoms with E-state index in [-0.39, 0.29) is 11.9 Å². The van der Waals surface area contributed by atoms with Gasteiger partial charge in [0, 0.05) is 17.3 Å². The van der Waals surface area contributed by atoms with E-state index in [2.05, 4.69) is 27.7 Å². The van der Waals surface area contributed by atoms with E-state index < -0.39 is 0 Å². The smallest absolute Gasteiger partial charge is 0.274 e. The molecule has 0 fully saturated rings. The summed E-state index contributed by atoms with van der Waals surface area (Å²) in [7, 11) is 0. The lowest BCUT2D eigenvalue weighted by atomic mass is 10.1. The Morgan fingerprint density at radius 3 is 2.63 bits per heavy atom. The largest absolute Gasteiger partial charge is 0.361 e. The highest BCUT2D eigenvalue weighted by Gasteiger charge is 2.22. The summed E-state index contributed by atoms with van der Waals surface area (Å²) in [5.74, 6) is 0.439. The van der Waals surface area contributed by atoms with Gasteiger partial charge in [0.15, 0.2) is 5.69 Å². The molecule has 0 saturated heterocycles. The monoisotopic (exact) mass is 366 g/mol. The van der Waals surface area contributed by atoms with E-state index in [1.807, 2.05) is 56.6 Å². The maximum absolute atomic E-state index is 12.7. The van der Waals surface area contributed by atoms with Crippen LogP contribution >= 0.6 is 0 Å². The molecule has 142 valence electrons. The Hall–Kier alpha value is -2.89. The molecule has 0 saturated carbocycles. The molecule has 0 unspecified atom stereocenters. The first-order chi connectivity index (χ1) is 12.9. The first kappa shape index (κ1) is 18.9. The van der Waals surface area contributed by atoms with E-state index in [1.165, 1.54) is 5.56 Å². The van der Waals surface area contributed by atoms with E-state index in [0.29, 0.717) is 18.0 Å². The molecule has 6 heteroatoms. The molecule has 0 spiro atoms. The zero-order chi connectivity index (χ0) is 19.4. The second-order valence-corrected chi connectivity index (χ2v) is 7.05. The van der Waals surface area contributed by atoms with Gasteiger partial charge in [0.2, 0.25) is 0 Å². The van der Waals surface area contributed by atoms with Crippen molar-refractivity contribution < 1.29 is 9.32 Å². The summed E-state index contributed by atoms with van der Waals surface area (Å²) >= 11 is 0. The SMILES string of the molecule is Cc1cc(C)n(Cc2c(C(=O)N[C@@H](C)CCc3ccccc3)noc2C)n1. The lowest BCUT2D eigenvalue weighted by Gasteiger charge is -2.13. The Kier molecular flexibility index (Phi) is 5.74. The zero-order valence-electron chi connectivity index (χ0n) is 16.3. The average Bonchev–Trinajstić information content (AvgIpc) is 3.16. The van der Waals surface area contributed by atoms with Crippen molar-refractivity contribution in [1.82, 2.24) is 20.3 Å². The van der Waals surface area contributed by atoms with Crippen LogP contribution in [0.5, 0.6) is 0 Å². The van der Waals surface area contributed by atoms with Gasteiger partial charge >= 0.3 is 0 Å². The van der Waals surface area contributed by atoms with Gasteiger partial charge in [-0.3, -0.25) is 9.48 Å². The number of benzene rings is 1. The Morgan fingerprint density at radius 2 is 1.96 bits per heavy atom. The van der Waals surface area contributed by atoms with E-state index in [0.717, 1.165) is 29.8 Å². The molecule has 1 atom stereocenters. The predicted molar refractivity (Wildman–Crippen MR) is 104 cm³/mol. The van der Waals surface area contributed by atoms with Crippen molar-refractivity contribution in [1.29, 1.82) is 0 Å². The first-order valence-corrected chi connectivity index (χ1v) is 9.25. The van der Waals surface area contributed by atoms with Gasteiger partial charge in [0.05, 0.1) is 12.2 Å². The van der Waals surface area contributed by atoms with Crippen molar-refractivity contribution in [3.63, 3.8) is 0 Å². The van der Waals surface area contributed by atoms with Crippen LogP contribution in [-0.4, -0.2) is 26.9 Å². The predicted octanol–water partition coefficient (Wildman–Crippen LogP) is 3.60. The first-order valence-electron chi connectivity index (χ1n) is 9.25. The van der Waals surface area contributed by atoms with Crippen molar-refractivity contribution in [2.24, 2.45) is 0 Å². The highest BCUT2D eigenvalue weighted by Crippen LogP contribution is 2.17. The molecule has 6 nitrogen and oxygen atoms in total. The minimum Gasteiger partial charge on any atom is -0.361 e. The molecule has 0 aliphatic heterocycles. The molecule has 0 bridgehead atoms. The number of nitrogens with zero attached hydrogens (tertiary/aromatic N) is 3. The van der Waals surface area contributed by atoms with E-state index in [9.17, 15) is 4.79 Å². The molecular weight excluding hydrogens is 340 g/mol. The van der Waals surface area contributed by atoms with E-state index in [4.69, 9.17) is 4.52 Å². The molecule has 3 aromatic rings. The lowest BCUT2D eigenvalue weighted by molar-refractivity contribution is 0.0928. The molecule has 0 aliphatic carbocycles. The van der Waals surface area contributed by atoms with Crippen molar-refractivity contribution >= 4 is 5.91 Å². The summed E-state index contributed by atoms with van der Waals surface area (Å²) in [6, 6.07) is 12.3. The van der Waals surface area contributed by atoms with Gasteiger partial charge < -0.3 is 9.84 Å². The maximum atomic E-state index is 12.7. The topological polar surface area (TPSA) is 73.0 Å². The molecular formula is C21H26N4O2. The second kappa shape index (κ2) is 8.20. The summed E-state index contributed by atoms with van der Waals surface area (Å²) in [6.45, 7) is 8.24. The number of hydrogen-bond donors (Lipinski definition) is 1. The van der Waals surface area contributed by atoms with Crippen LogP contribution < -0.4 is 5.32 Å². The third-order valence-electron chi connectivity index (χ3n) is 4.70. The van der Waals surface area contributed by atoms with Gasteiger partial charge in [-0.1, -0.05) is 35.5 Å². The Morgan fingerprint density at radius 1 is 1.22 bits per heavy atom. The normalized spacial score (nSPS) is 12.1. The van der Waals surface area contributed by atoms with Crippen molar-refractivity contribution in [3.05, 3.63) is 70.4 Å². The number of rotatable bonds is 7.